The largest absolute Gasteiger partial charge is 0.396 e. The average molecular weight is 208 g/mol. The fourth-order valence-electron chi connectivity index (χ4n) is 1.19. The van der Waals surface area contributed by atoms with Crippen LogP contribution in [0.25, 0.3) is 0 Å². The first-order chi connectivity index (χ1) is 6.20. The quantitative estimate of drug-likeness (QED) is 0.551. The molecule has 13 heavy (non-hydrogen) atoms. The molecule has 1 aliphatic heterocycles. The van der Waals surface area contributed by atoms with E-state index >= 15 is 0 Å². The van der Waals surface area contributed by atoms with Crippen LogP contribution in [0.5, 0.6) is 0 Å². The van der Waals surface area contributed by atoms with Gasteiger partial charge < -0.3 is 14.2 Å². The van der Waals surface area contributed by atoms with Gasteiger partial charge in [-0.2, -0.15) is 0 Å². The topological polar surface area (TPSA) is 55.8 Å². The molecule has 0 aromatic carbocycles. The summed E-state index contributed by atoms with van der Waals surface area (Å²) in [6.07, 6.45) is 2.29. The van der Waals surface area contributed by atoms with E-state index < -0.39 is 7.60 Å². The van der Waals surface area contributed by atoms with Gasteiger partial charge in [-0.1, -0.05) is 13.3 Å². The lowest BCUT2D eigenvalue weighted by molar-refractivity contribution is 0.188. The second kappa shape index (κ2) is 5.11. The molecule has 1 saturated heterocycles. The number of aliphatic hydroxyl groups is 1. The zero-order valence-electron chi connectivity index (χ0n) is 7.94. The van der Waals surface area contributed by atoms with Crippen LogP contribution in [-0.2, 0) is 13.6 Å². The van der Waals surface area contributed by atoms with Crippen molar-refractivity contribution in [2.45, 2.75) is 19.8 Å². The summed E-state index contributed by atoms with van der Waals surface area (Å²) in [4.78, 5) is 0. The summed E-state index contributed by atoms with van der Waals surface area (Å²) in [5.74, 6) is -0.00698. The minimum Gasteiger partial charge on any atom is -0.396 e. The Labute approximate surface area is 78.8 Å². The van der Waals surface area contributed by atoms with Crippen molar-refractivity contribution in [1.82, 2.24) is 0 Å². The van der Waals surface area contributed by atoms with E-state index in [-0.39, 0.29) is 12.5 Å². The van der Waals surface area contributed by atoms with Gasteiger partial charge >= 0.3 is 7.60 Å². The van der Waals surface area contributed by atoms with Crippen LogP contribution in [0.2, 0.25) is 0 Å². The van der Waals surface area contributed by atoms with Gasteiger partial charge in [0, 0.05) is 12.5 Å². The van der Waals surface area contributed by atoms with Gasteiger partial charge in [0.05, 0.1) is 19.4 Å². The first-order valence-corrected chi connectivity index (χ1v) is 6.42. The van der Waals surface area contributed by atoms with Gasteiger partial charge in [0.1, 0.15) is 0 Å². The summed E-state index contributed by atoms with van der Waals surface area (Å²) >= 11 is 0. The zero-order chi connectivity index (χ0) is 9.73. The Kier molecular flexibility index (Phi) is 4.39. The Morgan fingerprint density at radius 1 is 1.69 bits per heavy atom. The fraction of sp³-hybridized carbons (Fsp3) is 1.00. The molecule has 2 atom stereocenters. The number of hydrogen-bond acceptors (Lipinski definition) is 4. The van der Waals surface area contributed by atoms with E-state index in [1.54, 1.807) is 0 Å². The summed E-state index contributed by atoms with van der Waals surface area (Å²) in [6, 6.07) is 0. The Balaban J connectivity index is 2.28. The van der Waals surface area contributed by atoms with E-state index in [4.69, 9.17) is 14.2 Å². The first-order valence-electron chi connectivity index (χ1n) is 4.69. The minimum atomic E-state index is -2.83. The minimum absolute atomic E-state index is 0.00698. The number of rotatable bonds is 5. The average Bonchev–Trinajstić information content (AvgIpc) is 2.49. The van der Waals surface area contributed by atoms with Crippen LogP contribution in [0.4, 0.5) is 0 Å². The second-order valence-corrected chi connectivity index (χ2v) is 5.43. The lowest BCUT2D eigenvalue weighted by atomic mass is 10.2. The molecule has 1 fully saturated rings. The molecule has 1 N–H and O–H groups in total. The molecule has 1 aliphatic rings. The van der Waals surface area contributed by atoms with Gasteiger partial charge in [0.2, 0.25) is 0 Å². The van der Waals surface area contributed by atoms with Gasteiger partial charge in [-0.15, -0.1) is 0 Å². The Morgan fingerprint density at radius 2 is 2.46 bits per heavy atom. The molecule has 0 spiro atoms. The number of unbranched alkanes of at least 4 members (excludes halogenated alkanes) is 1. The maximum absolute atomic E-state index is 11.7. The first kappa shape index (κ1) is 11.2. The van der Waals surface area contributed by atoms with Gasteiger partial charge in [-0.25, -0.2) is 0 Å². The van der Waals surface area contributed by atoms with E-state index in [0.29, 0.717) is 19.4 Å². The predicted octanol–water partition coefficient (Wildman–Crippen LogP) is 1.63. The van der Waals surface area contributed by atoms with Gasteiger partial charge in [0.15, 0.2) is 0 Å². The van der Waals surface area contributed by atoms with E-state index in [2.05, 4.69) is 0 Å². The van der Waals surface area contributed by atoms with Crippen molar-refractivity contribution in [2.75, 3.05) is 26.0 Å². The molecule has 1 heterocycles. The molecule has 0 amide bonds. The van der Waals surface area contributed by atoms with Gasteiger partial charge in [-0.05, 0) is 6.42 Å². The number of aliphatic hydroxyl groups excluding tert-OH is 1. The summed E-state index contributed by atoms with van der Waals surface area (Å²) in [7, 11) is -2.83. The summed E-state index contributed by atoms with van der Waals surface area (Å²) in [5.41, 5.74) is 0. The highest BCUT2D eigenvalue weighted by atomic mass is 31.2. The van der Waals surface area contributed by atoms with E-state index in [1.165, 1.54) is 0 Å². The normalized spacial score (nSPS) is 33.8. The van der Waals surface area contributed by atoms with Crippen LogP contribution in [0.15, 0.2) is 0 Å². The van der Waals surface area contributed by atoms with Crippen LogP contribution in [0.1, 0.15) is 19.8 Å². The highest BCUT2D eigenvalue weighted by Gasteiger charge is 2.36. The third kappa shape index (κ3) is 3.39. The maximum atomic E-state index is 11.7. The predicted molar refractivity (Wildman–Crippen MR) is 49.9 cm³/mol. The van der Waals surface area contributed by atoms with Crippen molar-refractivity contribution in [1.29, 1.82) is 0 Å². The van der Waals surface area contributed by atoms with Crippen molar-refractivity contribution in [3.63, 3.8) is 0 Å². The number of hydrogen-bond donors (Lipinski definition) is 1. The van der Waals surface area contributed by atoms with Gasteiger partial charge in [0.25, 0.3) is 0 Å². The van der Waals surface area contributed by atoms with Crippen LogP contribution in [-0.4, -0.2) is 31.1 Å². The summed E-state index contributed by atoms with van der Waals surface area (Å²) < 4.78 is 22.0. The molecule has 0 aliphatic carbocycles. The third-order valence-corrected chi connectivity index (χ3v) is 4.11. The standard InChI is InChI=1S/C8H17O4P/c1-2-3-4-11-13(10)7-8(5-9)6-12-13/h8-9H,2-7H2,1H3. The fourth-order valence-corrected chi connectivity index (χ4v) is 3.17. The molecule has 78 valence electrons. The molecule has 4 nitrogen and oxygen atoms in total. The molecule has 0 radical (unpaired) electrons. The SMILES string of the molecule is CCCCOP1(=O)CC(CO)CO1. The van der Waals surface area contributed by atoms with E-state index in [9.17, 15) is 4.57 Å². The molecule has 5 heteroatoms. The third-order valence-electron chi connectivity index (χ3n) is 2.03. The monoisotopic (exact) mass is 208 g/mol. The highest BCUT2D eigenvalue weighted by Crippen LogP contribution is 2.54. The smallest absolute Gasteiger partial charge is 0.331 e. The molecule has 0 saturated carbocycles. The van der Waals surface area contributed by atoms with Crippen molar-refractivity contribution in [3.05, 3.63) is 0 Å². The van der Waals surface area contributed by atoms with Crippen molar-refractivity contribution >= 4 is 7.60 Å². The Bertz CT molecular complexity index is 195. The molecule has 0 aromatic heterocycles. The summed E-state index contributed by atoms with van der Waals surface area (Å²) in [6.45, 7) is 2.93. The van der Waals surface area contributed by atoms with Crippen LogP contribution >= 0.6 is 7.60 Å². The van der Waals surface area contributed by atoms with E-state index in [1.807, 2.05) is 6.92 Å². The lowest BCUT2D eigenvalue weighted by Gasteiger charge is -2.10. The maximum Gasteiger partial charge on any atom is 0.331 e. The molecular formula is C8H17O4P. The van der Waals surface area contributed by atoms with Crippen molar-refractivity contribution < 1.29 is 18.7 Å². The molecular weight excluding hydrogens is 191 g/mol. The van der Waals surface area contributed by atoms with Crippen LogP contribution in [0.3, 0.4) is 0 Å². The van der Waals surface area contributed by atoms with E-state index in [0.717, 1.165) is 12.8 Å². The van der Waals surface area contributed by atoms with Crippen molar-refractivity contribution in [2.24, 2.45) is 5.92 Å². The summed E-state index contributed by atoms with van der Waals surface area (Å²) in [5, 5.41) is 8.81. The molecule has 1 rings (SSSR count). The molecule has 2 unspecified atom stereocenters. The van der Waals surface area contributed by atoms with Gasteiger partial charge in [-0.3, -0.25) is 4.57 Å². The second-order valence-electron chi connectivity index (χ2n) is 3.32. The lowest BCUT2D eigenvalue weighted by Crippen LogP contribution is -2.07. The molecule has 0 aromatic rings. The Morgan fingerprint density at radius 3 is 3.00 bits per heavy atom. The van der Waals surface area contributed by atoms with Crippen LogP contribution < -0.4 is 0 Å². The zero-order valence-corrected chi connectivity index (χ0v) is 8.83. The Hall–Kier alpha value is 0.110. The van der Waals surface area contributed by atoms with Crippen LogP contribution in [0, 0.1) is 5.92 Å². The highest BCUT2D eigenvalue weighted by molar-refractivity contribution is 7.54. The van der Waals surface area contributed by atoms with Crippen molar-refractivity contribution in [3.8, 4) is 0 Å². The molecule has 0 bridgehead atoms.